The van der Waals surface area contributed by atoms with Crippen molar-refractivity contribution >= 4 is 22.9 Å². The number of benzene rings is 1. The highest BCUT2D eigenvalue weighted by atomic mass is 16.3. The molecule has 0 bridgehead atoms. The zero-order valence-corrected chi connectivity index (χ0v) is 17.7. The summed E-state index contributed by atoms with van der Waals surface area (Å²) < 4.78 is 2.02. The van der Waals surface area contributed by atoms with Crippen molar-refractivity contribution in [2.75, 3.05) is 5.32 Å². The first-order valence-corrected chi connectivity index (χ1v) is 10.2. The third kappa shape index (κ3) is 3.94. The Morgan fingerprint density at radius 3 is 2.80 bits per heavy atom. The van der Waals surface area contributed by atoms with Gasteiger partial charge in [0.05, 0.1) is 34.2 Å². The topological polar surface area (TPSA) is 90.9 Å². The first kappa shape index (κ1) is 21.5. The van der Waals surface area contributed by atoms with Gasteiger partial charge in [-0.25, -0.2) is 4.98 Å². The van der Waals surface area contributed by atoms with E-state index in [4.69, 9.17) is 0 Å². The Hall–Kier alpha value is -3.17. The number of imidazole rings is 1. The van der Waals surface area contributed by atoms with Crippen LogP contribution in [0.5, 0.6) is 0 Å². The summed E-state index contributed by atoms with van der Waals surface area (Å²) in [5.74, 6) is -0.599. The zero-order chi connectivity index (χ0) is 21.9. The number of fused-ring (bicyclic) bond motifs is 1. The van der Waals surface area contributed by atoms with Crippen LogP contribution in [0.4, 0.5) is 5.95 Å². The second-order valence-electron chi connectivity index (χ2n) is 7.92. The molecule has 1 fully saturated rings. The van der Waals surface area contributed by atoms with Gasteiger partial charge in [-0.15, -0.1) is 0 Å². The van der Waals surface area contributed by atoms with E-state index in [1.807, 2.05) is 23.6 Å². The van der Waals surface area contributed by atoms with Crippen LogP contribution in [0.15, 0.2) is 54.7 Å². The molecule has 156 valence electrons. The summed E-state index contributed by atoms with van der Waals surface area (Å²) in [4.78, 5) is 17.7. The van der Waals surface area contributed by atoms with E-state index in [1.54, 1.807) is 44.2 Å². The molecule has 1 aromatic heterocycles. The lowest BCUT2D eigenvalue weighted by atomic mass is 9.82. The zero-order valence-electron chi connectivity index (χ0n) is 17.7. The first-order chi connectivity index (χ1) is 14.3. The molecule has 3 rings (SSSR count). The second-order valence-corrected chi connectivity index (χ2v) is 7.92. The van der Waals surface area contributed by atoms with Gasteiger partial charge in [-0.2, -0.15) is 5.26 Å². The van der Waals surface area contributed by atoms with Gasteiger partial charge in [0.1, 0.15) is 0 Å². The van der Waals surface area contributed by atoms with Crippen LogP contribution in [0.3, 0.4) is 0 Å². The third-order valence-corrected chi connectivity index (χ3v) is 5.96. The van der Waals surface area contributed by atoms with Crippen LogP contribution in [-0.2, 0) is 4.79 Å². The van der Waals surface area contributed by atoms with E-state index in [0.29, 0.717) is 17.1 Å². The minimum Gasteiger partial charge on any atom is -0.385 e. The monoisotopic (exact) mass is 404 g/mol. The van der Waals surface area contributed by atoms with Crippen molar-refractivity contribution in [3.05, 3.63) is 60.2 Å². The van der Waals surface area contributed by atoms with E-state index >= 15 is 0 Å². The van der Waals surface area contributed by atoms with E-state index in [9.17, 15) is 15.2 Å². The average Bonchev–Trinajstić information content (AvgIpc) is 3.02. The maximum Gasteiger partial charge on any atom is 0.232 e. The molecule has 1 heterocycles. The Balaban J connectivity index is 1.95. The van der Waals surface area contributed by atoms with Gasteiger partial charge in [-0.1, -0.05) is 37.8 Å². The molecule has 0 unspecified atom stereocenters. The van der Waals surface area contributed by atoms with Gasteiger partial charge in [0.2, 0.25) is 11.9 Å². The van der Waals surface area contributed by atoms with E-state index in [-0.39, 0.29) is 11.9 Å². The van der Waals surface area contributed by atoms with Crippen molar-refractivity contribution in [2.24, 2.45) is 5.92 Å². The van der Waals surface area contributed by atoms with Gasteiger partial charge in [0.25, 0.3) is 0 Å². The summed E-state index contributed by atoms with van der Waals surface area (Å²) in [5.41, 5.74) is 1.36. The number of rotatable bonds is 7. The minimum atomic E-state index is -1.38. The van der Waals surface area contributed by atoms with Gasteiger partial charge < -0.3 is 9.67 Å². The summed E-state index contributed by atoms with van der Waals surface area (Å²) in [7, 11) is 0. The molecule has 0 spiro atoms. The molecule has 2 N–H and O–H groups in total. The number of anilines is 1. The van der Waals surface area contributed by atoms with Crippen LogP contribution in [0, 0.1) is 17.2 Å². The molecule has 6 heteroatoms. The molecule has 30 heavy (non-hydrogen) atoms. The quantitative estimate of drug-likeness (QED) is 0.657. The minimum absolute atomic E-state index is 0.245. The number of allylic oxidation sites excluding steroid dienone is 3. The maximum absolute atomic E-state index is 13.1. The van der Waals surface area contributed by atoms with E-state index in [0.717, 1.165) is 30.3 Å². The number of aliphatic hydroxyl groups is 1. The molecule has 1 aliphatic rings. The highest BCUT2D eigenvalue weighted by Crippen LogP contribution is 2.38. The number of aromatic nitrogens is 2. The molecule has 0 aliphatic heterocycles. The van der Waals surface area contributed by atoms with Crippen molar-refractivity contribution in [1.29, 1.82) is 5.26 Å². The summed E-state index contributed by atoms with van der Waals surface area (Å²) in [6.07, 6.45) is 10.0. The normalized spacial score (nSPS) is 17.9. The molecule has 0 saturated heterocycles. The van der Waals surface area contributed by atoms with Crippen LogP contribution in [0.1, 0.15) is 51.6 Å². The van der Waals surface area contributed by atoms with Crippen LogP contribution in [0.2, 0.25) is 0 Å². The predicted octanol–water partition coefficient (Wildman–Crippen LogP) is 4.65. The highest BCUT2D eigenvalue weighted by Gasteiger charge is 2.37. The fourth-order valence-corrected chi connectivity index (χ4v) is 3.69. The number of hydrogen-bond acceptors (Lipinski definition) is 4. The first-order valence-electron chi connectivity index (χ1n) is 10.2. The lowest BCUT2D eigenvalue weighted by molar-refractivity contribution is -0.125. The Bertz CT molecular complexity index is 1060. The van der Waals surface area contributed by atoms with E-state index in [2.05, 4.69) is 22.9 Å². The molecule has 2 aromatic rings. The van der Waals surface area contributed by atoms with Gasteiger partial charge in [0.15, 0.2) is 0 Å². The number of carbonyl (C=O) groups is 1. The summed E-state index contributed by atoms with van der Waals surface area (Å²) >= 11 is 0. The molecule has 2 atom stereocenters. The van der Waals surface area contributed by atoms with Crippen molar-refractivity contribution in [1.82, 2.24) is 9.55 Å². The Morgan fingerprint density at radius 1 is 1.50 bits per heavy atom. The van der Waals surface area contributed by atoms with E-state index < -0.39 is 11.5 Å². The number of nitriles is 1. The molecular weight excluding hydrogens is 376 g/mol. The molecule has 0 radical (unpaired) electrons. The molecular formula is C24H28N4O2. The largest absolute Gasteiger partial charge is 0.385 e. The molecule has 6 nitrogen and oxygen atoms in total. The number of amides is 1. The number of nitrogens with one attached hydrogen (secondary N) is 1. The Morgan fingerprint density at radius 2 is 2.23 bits per heavy atom. The lowest BCUT2D eigenvalue weighted by Crippen LogP contribution is -2.42. The van der Waals surface area contributed by atoms with Crippen molar-refractivity contribution in [2.45, 2.75) is 51.7 Å². The lowest BCUT2D eigenvalue weighted by Gasteiger charge is -2.32. The second kappa shape index (κ2) is 8.68. The highest BCUT2D eigenvalue weighted by molar-refractivity contribution is 5.94. The van der Waals surface area contributed by atoms with Crippen LogP contribution in [-0.4, -0.2) is 26.2 Å². The van der Waals surface area contributed by atoms with Crippen molar-refractivity contribution in [3.63, 3.8) is 0 Å². The summed E-state index contributed by atoms with van der Waals surface area (Å²) in [6, 6.07) is 7.75. The SMILES string of the molecule is C=C/C=C(\C=C/C)[C@](C)(O)[C@H](C)C(=O)Nc1nc2ccc(C#N)cc2n1C1CCC1. The van der Waals surface area contributed by atoms with Crippen LogP contribution >= 0.6 is 0 Å². The molecule has 1 amide bonds. The smallest absolute Gasteiger partial charge is 0.232 e. The predicted molar refractivity (Wildman–Crippen MR) is 119 cm³/mol. The number of nitrogens with zero attached hydrogens (tertiary/aromatic N) is 3. The summed E-state index contributed by atoms with van der Waals surface area (Å²) in [6.45, 7) is 8.87. The van der Waals surface area contributed by atoms with Crippen molar-refractivity contribution < 1.29 is 9.90 Å². The Labute approximate surface area is 177 Å². The van der Waals surface area contributed by atoms with Crippen molar-refractivity contribution in [3.8, 4) is 6.07 Å². The number of hydrogen-bond donors (Lipinski definition) is 2. The fourth-order valence-electron chi connectivity index (χ4n) is 3.69. The van der Waals surface area contributed by atoms with Gasteiger partial charge in [-0.05, 0) is 56.9 Å². The maximum atomic E-state index is 13.1. The van der Waals surface area contributed by atoms with Gasteiger partial charge in [0, 0.05) is 6.04 Å². The average molecular weight is 405 g/mol. The fraction of sp³-hybridized carbons (Fsp3) is 0.375. The van der Waals surface area contributed by atoms with E-state index in [1.165, 1.54) is 0 Å². The molecule has 1 aromatic carbocycles. The Kier molecular flexibility index (Phi) is 6.23. The third-order valence-electron chi connectivity index (χ3n) is 5.96. The van der Waals surface area contributed by atoms with Gasteiger partial charge >= 0.3 is 0 Å². The molecule has 1 aliphatic carbocycles. The standard InChI is InChI=1S/C24H28N4O2/c1-5-8-18(9-6-2)24(4,30)16(3)22(29)27-23-26-20-13-12-17(15-25)14-21(20)28(23)19-10-7-11-19/h5-6,8-9,12-14,16,19,30H,1,7,10-11H2,2-4H3,(H,26,27,29)/b9-6-,18-8+/t16-,24-/m1/s1. The van der Waals surface area contributed by atoms with Crippen LogP contribution < -0.4 is 5.32 Å². The number of carbonyl (C=O) groups excluding carboxylic acids is 1. The van der Waals surface area contributed by atoms with Gasteiger partial charge in [-0.3, -0.25) is 10.1 Å². The summed E-state index contributed by atoms with van der Waals surface area (Å²) in [5, 5.41) is 23.3. The van der Waals surface area contributed by atoms with Crippen LogP contribution in [0.25, 0.3) is 11.0 Å². The molecule has 1 saturated carbocycles.